The molecule has 0 atom stereocenters. The molecular weight excluding hydrogens is 260 g/mol. The summed E-state index contributed by atoms with van der Waals surface area (Å²) in [6.07, 6.45) is 0.309. The third-order valence-electron chi connectivity index (χ3n) is 2.59. The van der Waals surface area contributed by atoms with Crippen molar-refractivity contribution < 1.29 is 9.53 Å². The van der Waals surface area contributed by atoms with E-state index < -0.39 is 0 Å². The predicted octanol–water partition coefficient (Wildman–Crippen LogP) is 2.50. The van der Waals surface area contributed by atoms with Gasteiger partial charge in [-0.15, -0.1) is 11.3 Å². The fourth-order valence-electron chi connectivity index (χ4n) is 1.69. The highest BCUT2D eigenvalue weighted by molar-refractivity contribution is 7.13. The molecule has 0 saturated heterocycles. The van der Waals surface area contributed by atoms with Crippen molar-refractivity contribution >= 4 is 17.2 Å². The number of carbonyl (C=O) groups is 1. The summed E-state index contributed by atoms with van der Waals surface area (Å²) in [5, 5.41) is 5.38. The Hall–Kier alpha value is -1.88. The Kier molecular flexibility index (Phi) is 4.52. The highest BCUT2D eigenvalue weighted by Gasteiger charge is 2.11. The number of nitrogens with zero attached hydrogens (tertiary/aromatic N) is 1. The van der Waals surface area contributed by atoms with Gasteiger partial charge >= 0.3 is 0 Å². The normalized spacial score (nSPS) is 10.2. The summed E-state index contributed by atoms with van der Waals surface area (Å²) < 4.78 is 5.59. The third-order valence-corrected chi connectivity index (χ3v) is 3.51. The molecule has 0 spiro atoms. The van der Waals surface area contributed by atoms with E-state index in [1.807, 2.05) is 36.6 Å². The Morgan fingerprint density at radius 1 is 1.42 bits per heavy atom. The predicted molar refractivity (Wildman–Crippen MR) is 76.5 cm³/mol. The van der Waals surface area contributed by atoms with Crippen molar-refractivity contribution in [3.05, 3.63) is 35.3 Å². The molecule has 1 aromatic heterocycles. The number of ether oxygens (including phenoxy) is 1. The molecule has 0 saturated carbocycles. The van der Waals surface area contributed by atoms with Crippen LogP contribution in [0, 0.1) is 0 Å². The van der Waals surface area contributed by atoms with Crippen LogP contribution in [0.4, 0.5) is 0 Å². The molecule has 0 bridgehead atoms. The number of hydrogen-bond acceptors (Lipinski definition) is 4. The molecular formula is C14H16N2O2S. The van der Waals surface area contributed by atoms with Crippen LogP contribution in [0.1, 0.15) is 12.6 Å². The number of rotatable bonds is 5. The topological polar surface area (TPSA) is 51.2 Å². The fraction of sp³-hybridized carbons (Fsp3) is 0.286. The minimum Gasteiger partial charge on any atom is -0.493 e. The Balaban J connectivity index is 2.25. The van der Waals surface area contributed by atoms with Crippen LogP contribution in [0.2, 0.25) is 0 Å². The van der Waals surface area contributed by atoms with Crippen molar-refractivity contribution in [2.24, 2.45) is 0 Å². The van der Waals surface area contributed by atoms with Crippen molar-refractivity contribution in [3.8, 4) is 16.3 Å². The van der Waals surface area contributed by atoms with Gasteiger partial charge in [0, 0.05) is 12.4 Å². The van der Waals surface area contributed by atoms with Gasteiger partial charge in [-0.1, -0.05) is 12.1 Å². The number of carbonyl (C=O) groups excluding carboxylic acids is 1. The molecule has 19 heavy (non-hydrogen) atoms. The maximum Gasteiger partial charge on any atom is 0.225 e. The molecule has 0 aliphatic rings. The van der Waals surface area contributed by atoms with Gasteiger partial charge in [-0.05, 0) is 19.1 Å². The smallest absolute Gasteiger partial charge is 0.225 e. The van der Waals surface area contributed by atoms with Gasteiger partial charge in [0.1, 0.15) is 10.8 Å². The van der Waals surface area contributed by atoms with Gasteiger partial charge in [-0.25, -0.2) is 4.98 Å². The Bertz CT molecular complexity index is 566. The van der Waals surface area contributed by atoms with Crippen LogP contribution in [-0.4, -0.2) is 24.5 Å². The molecule has 1 N–H and O–H groups in total. The van der Waals surface area contributed by atoms with Crippen molar-refractivity contribution in [1.82, 2.24) is 10.3 Å². The summed E-state index contributed by atoms with van der Waals surface area (Å²) in [5.41, 5.74) is 1.75. The van der Waals surface area contributed by atoms with Gasteiger partial charge in [0.15, 0.2) is 0 Å². The lowest BCUT2D eigenvalue weighted by atomic mass is 10.2. The Labute approximate surface area is 116 Å². The lowest BCUT2D eigenvalue weighted by Crippen LogP contribution is -2.20. The highest BCUT2D eigenvalue weighted by atomic mass is 32.1. The van der Waals surface area contributed by atoms with E-state index in [1.54, 1.807) is 7.05 Å². The van der Waals surface area contributed by atoms with Gasteiger partial charge in [-0.3, -0.25) is 4.79 Å². The molecule has 1 aromatic carbocycles. The molecule has 100 valence electrons. The lowest BCUT2D eigenvalue weighted by Gasteiger charge is -2.07. The molecule has 0 radical (unpaired) electrons. The number of aromatic nitrogens is 1. The zero-order valence-corrected chi connectivity index (χ0v) is 11.8. The zero-order valence-electron chi connectivity index (χ0n) is 11.0. The lowest BCUT2D eigenvalue weighted by molar-refractivity contribution is -0.120. The minimum absolute atomic E-state index is 0.0325. The van der Waals surface area contributed by atoms with Gasteiger partial charge in [0.05, 0.1) is 24.3 Å². The first kappa shape index (κ1) is 13.5. The summed E-state index contributed by atoms with van der Waals surface area (Å²) >= 11 is 1.52. The van der Waals surface area contributed by atoms with Gasteiger partial charge in [0.25, 0.3) is 0 Å². The molecule has 2 rings (SSSR count). The van der Waals surface area contributed by atoms with E-state index in [4.69, 9.17) is 4.74 Å². The van der Waals surface area contributed by atoms with E-state index in [1.165, 1.54) is 11.3 Å². The zero-order chi connectivity index (χ0) is 13.7. The first-order valence-corrected chi connectivity index (χ1v) is 6.99. The highest BCUT2D eigenvalue weighted by Crippen LogP contribution is 2.32. The van der Waals surface area contributed by atoms with E-state index in [0.29, 0.717) is 13.0 Å². The van der Waals surface area contributed by atoms with E-state index >= 15 is 0 Å². The third kappa shape index (κ3) is 3.32. The number of para-hydroxylation sites is 1. The minimum atomic E-state index is -0.0325. The largest absolute Gasteiger partial charge is 0.493 e. The summed E-state index contributed by atoms with van der Waals surface area (Å²) in [4.78, 5) is 15.8. The monoisotopic (exact) mass is 276 g/mol. The molecule has 0 unspecified atom stereocenters. The SMILES string of the molecule is CCOc1ccccc1-c1nc(CC(=O)NC)cs1. The van der Waals surface area contributed by atoms with Crippen LogP contribution < -0.4 is 10.1 Å². The fourth-order valence-corrected chi connectivity index (χ4v) is 2.54. The van der Waals surface area contributed by atoms with Crippen LogP contribution >= 0.6 is 11.3 Å². The summed E-state index contributed by atoms with van der Waals surface area (Å²) in [6.45, 7) is 2.57. The summed E-state index contributed by atoms with van der Waals surface area (Å²) in [5.74, 6) is 0.792. The molecule has 1 amide bonds. The molecule has 0 aliphatic heterocycles. The summed E-state index contributed by atoms with van der Waals surface area (Å²) in [6, 6.07) is 7.80. The molecule has 5 heteroatoms. The molecule has 1 heterocycles. The number of nitrogens with one attached hydrogen (secondary N) is 1. The van der Waals surface area contributed by atoms with Crippen molar-refractivity contribution in [2.45, 2.75) is 13.3 Å². The van der Waals surface area contributed by atoms with Crippen LogP contribution in [0.25, 0.3) is 10.6 Å². The molecule has 4 nitrogen and oxygen atoms in total. The second-order valence-corrected chi connectivity index (χ2v) is 4.78. The van der Waals surface area contributed by atoms with Crippen molar-refractivity contribution in [3.63, 3.8) is 0 Å². The number of thiazole rings is 1. The van der Waals surface area contributed by atoms with Crippen LogP contribution in [-0.2, 0) is 11.2 Å². The molecule has 2 aromatic rings. The summed E-state index contributed by atoms with van der Waals surface area (Å²) in [7, 11) is 1.63. The first-order chi connectivity index (χ1) is 9.24. The van der Waals surface area contributed by atoms with E-state index in [2.05, 4.69) is 10.3 Å². The Morgan fingerprint density at radius 3 is 2.95 bits per heavy atom. The molecule has 0 fully saturated rings. The van der Waals surface area contributed by atoms with Gasteiger partial charge < -0.3 is 10.1 Å². The van der Waals surface area contributed by atoms with Crippen LogP contribution in [0.5, 0.6) is 5.75 Å². The average molecular weight is 276 g/mol. The quantitative estimate of drug-likeness (QED) is 0.913. The second-order valence-electron chi connectivity index (χ2n) is 3.92. The number of benzene rings is 1. The molecule has 0 aliphatic carbocycles. The van der Waals surface area contributed by atoms with Crippen molar-refractivity contribution in [1.29, 1.82) is 0 Å². The first-order valence-electron chi connectivity index (χ1n) is 6.11. The van der Waals surface area contributed by atoms with E-state index in [0.717, 1.165) is 22.0 Å². The van der Waals surface area contributed by atoms with E-state index in [9.17, 15) is 4.79 Å². The maximum absolute atomic E-state index is 11.3. The van der Waals surface area contributed by atoms with Gasteiger partial charge in [0.2, 0.25) is 5.91 Å². The number of amides is 1. The number of likely N-dealkylation sites (N-methyl/N-ethyl adjacent to an activating group) is 1. The standard InChI is InChI=1S/C14H16N2O2S/c1-3-18-12-7-5-4-6-11(12)14-16-10(9-19-14)8-13(17)15-2/h4-7,9H,3,8H2,1-2H3,(H,15,17). The maximum atomic E-state index is 11.3. The van der Waals surface area contributed by atoms with Crippen LogP contribution in [0.3, 0.4) is 0 Å². The van der Waals surface area contributed by atoms with E-state index in [-0.39, 0.29) is 5.91 Å². The Morgan fingerprint density at radius 2 is 2.21 bits per heavy atom. The number of hydrogen-bond donors (Lipinski definition) is 1. The average Bonchev–Trinajstić information content (AvgIpc) is 2.88. The van der Waals surface area contributed by atoms with Gasteiger partial charge in [-0.2, -0.15) is 0 Å². The van der Waals surface area contributed by atoms with Crippen molar-refractivity contribution in [2.75, 3.05) is 13.7 Å². The van der Waals surface area contributed by atoms with Crippen LogP contribution in [0.15, 0.2) is 29.6 Å². The second kappa shape index (κ2) is 6.33.